The van der Waals surface area contributed by atoms with Crippen LogP contribution in [-0.2, 0) is 20.2 Å². The molecule has 0 spiro atoms. The van der Waals surface area contributed by atoms with E-state index in [4.69, 9.17) is 32.7 Å². The summed E-state index contributed by atoms with van der Waals surface area (Å²) >= 11 is 12.0. The zero-order chi connectivity index (χ0) is 52.1. The van der Waals surface area contributed by atoms with Gasteiger partial charge in [0.15, 0.2) is 5.75 Å². The number of hydrogen-bond donors (Lipinski definition) is 4. The first-order valence-corrected chi connectivity index (χ1v) is 24.5. The number of aliphatic imine (C=N–C) groups is 1. The number of para-hydroxylation sites is 4. The van der Waals surface area contributed by atoms with Crippen LogP contribution in [0.5, 0.6) is 23.0 Å². The number of ether oxygens (including phenoxy) is 2. The van der Waals surface area contributed by atoms with E-state index in [1.807, 2.05) is 0 Å². The number of azo groups is 2. The number of fused-ring (bicyclic) bond motifs is 2. The van der Waals surface area contributed by atoms with Gasteiger partial charge in [-0.3, -0.25) is 18.9 Å². The summed E-state index contributed by atoms with van der Waals surface area (Å²) in [4.78, 5) is 16.0. The van der Waals surface area contributed by atoms with Crippen LogP contribution in [0.2, 0.25) is 10.0 Å². The number of hydrogen-bond acceptors (Lipinski definition) is 15. The normalized spacial score (nSPS) is 11.9. The fraction of sp³-hybridized carbons (Fsp3) is 0.0800. The van der Waals surface area contributed by atoms with Crippen molar-refractivity contribution in [2.24, 2.45) is 25.4 Å². The maximum Gasteiger partial charge on any atom is 2.00 e. The van der Waals surface area contributed by atoms with Crippen molar-refractivity contribution in [3.63, 3.8) is 0 Å². The second kappa shape index (κ2) is 23.6. The van der Waals surface area contributed by atoms with Gasteiger partial charge in [0, 0.05) is 20.8 Å². The Bertz CT molecular complexity index is 3790. The van der Waals surface area contributed by atoms with E-state index < -0.39 is 53.3 Å². The van der Waals surface area contributed by atoms with Crippen molar-refractivity contribution in [1.82, 2.24) is 0 Å². The number of aryl methyl sites for hydroxylation is 2. The van der Waals surface area contributed by atoms with Crippen LogP contribution in [0.3, 0.4) is 0 Å². The number of nitrogens with zero attached hydrogens (tertiary/aromatic N) is 5. The molecule has 0 saturated heterocycles. The number of phenolic OH excluding ortho intramolecular Hbond substituents is 1. The molecule has 23 heteroatoms. The molecule has 4 N–H and O–H groups in total. The number of aromatic hydroxyl groups is 1. The number of amides is 1. The molecule has 8 aromatic carbocycles. The van der Waals surface area contributed by atoms with Crippen molar-refractivity contribution in [3.8, 4) is 23.0 Å². The number of nitrogens with one attached hydrogen (secondary N) is 1. The minimum absolute atomic E-state index is 0. The van der Waals surface area contributed by atoms with Crippen molar-refractivity contribution in [2.45, 2.75) is 23.6 Å². The first-order chi connectivity index (χ1) is 34.2. The molecule has 8 rings (SSSR count). The Morgan fingerprint density at radius 1 is 0.603 bits per heavy atom. The Kier molecular flexibility index (Phi) is 18.1. The molecule has 0 bridgehead atoms. The van der Waals surface area contributed by atoms with Crippen molar-refractivity contribution in [3.05, 3.63) is 166 Å². The van der Waals surface area contributed by atoms with Crippen molar-refractivity contribution >= 4 is 160 Å². The maximum absolute atomic E-state index is 13.3. The molecule has 0 unspecified atom stereocenters. The smallest absolute Gasteiger partial charge is 0.871 e. The minimum atomic E-state index is -4.69. The third-order valence-corrected chi connectivity index (χ3v) is 13.2. The van der Waals surface area contributed by atoms with E-state index in [0.717, 1.165) is 12.1 Å². The van der Waals surface area contributed by atoms with Gasteiger partial charge in [0.1, 0.15) is 44.0 Å². The summed E-state index contributed by atoms with van der Waals surface area (Å²) in [5.41, 5.74) is 0.608. The largest absolute Gasteiger partial charge is 2.00 e. The molecule has 0 radical (unpaired) electrons. The van der Waals surface area contributed by atoms with Gasteiger partial charge in [-0.05, 0) is 108 Å². The van der Waals surface area contributed by atoms with Crippen LogP contribution in [0.15, 0.2) is 169 Å². The molecule has 368 valence electrons. The molecular weight excluding hydrogens is 1150 g/mol. The summed E-state index contributed by atoms with van der Waals surface area (Å²) in [6, 6.07) is 34.6. The molecule has 0 atom stereocenters. The number of carbonyl (C=O) groups excluding carboxylic acids is 1. The zero-order valence-corrected chi connectivity index (χ0v) is 46.3. The van der Waals surface area contributed by atoms with Gasteiger partial charge in [0.2, 0.25) is 0 Å². The third kappa shape index (κ3) is 12.9. The maximum atomic E-state index is 13.3. The van der Waals surface area contributed by atoms with Gasteiger partial charge in [-0.2, -0.15) is 21.9 Å². The van der Waals surface area contributed by atoms with E-state index in [1.54, 1.807) is 111 Å². The first kappa shape index (κ1) is 55.9. The van der Waals surface area contributed by atoms with E-state index >= 15 is 0 Å². The van der Waals surface area contributed by atoms with Crippen molar-refractivity contribution in [2.75, 3.05) is 19.5 Å². The fourth-order valence-corrected chi connectivity index (χ4v) is 8.78. The minimum Gasteiger partial charge on any atom is -0.871 e. The summed E-state index contributed by atoms with van der Waals surface area (Å²) in [6.07, 6.45) is 0. The quantitative estimate of drug-likeness (QED) is 0.0292. The second-order valence-corrected chi connectivity index (χ2v) is 19.0. The molecule has 0 aromatic heterocycles. The number of anilines is 1. The predicted octanol–water partition coefficient (Wildman–Crippen LogP) is 11.0. The van der Waals surface area contributed by atoms with E-state index in [0.29, 0.717) is 49.9 Å². The first-order valence-electron chi connectivity index (χ1n) is 20.9. The number of methoxy groups -OCH3 is 2. The Labute approximate surface area is 468 Å². The third-order valence-electron chi connectivity index (χ3n) is 10.7. The van der Waals surface area contributed by atoms with Gasteiger partial charge < -0.3 is 30.1 Å². The molecule has 8 aromatic rings. The molecule has 0 aliphatic rings. The van der Waals surface area contributed by atoms with Crippen LogP contribution in [0.1, 0.15) is 27.0 Å². The second-order valence-electron chi connectivity index (χ2n) is 15.4. The molecule has 0 saturated carbocycles. The molecule has 0 aliphatic carbocycles. The van der Waals surface area contributed by atoms with E-state index in [9.17, 15) is 46.1 Å². The summed E-state index contributed by atoms with van der Waals surface area (Å²) in [6.45, 7) is 3.24. The van der Waals surface area contributed by atoms with Gasteiger partial charge in [-0.1, -0.05) is 102 Å². The summed E-state index contributed by atoms with van der Waals surface area (Å²) in [7, 11) is -6.45. The van der Waals surface area contributed by atoms with Crippen LogP contribution in [0, 0.1) is 13.8 Å². The van der Waals surface area contributed by atoms with Crippen LogP contribution in [0.4, 0.5) is 34.1 Å². The summed E-state index contributed by atoms with van der Waals surface area (Å²) in [5.74, 6) is -1.87. The number of benzene rings is 8. The van der Waals surface area contributed by atoms with Gasteiger partial charge in [0.25, 0.3) is 26.1 Å². The van der Waals surface area contributed by atoms with Crippen molar-refractivity contribution in [1.29, 1.82) is 0 Å². The molecular formula is C50H38BaCl2N6O12S2. The van der Waals surface area contributed by atoms with Crippen LogP contribution in [-0.4, -0.2) is 106 Å². The number of rotatable bonds is 12. The van der Waals surface area contributed by atoms with Gasteiger partial charge in [-0.25, -0.2) is 0 Å². The molecule has 0 heterocycles. The predicted molar refractivity (Wildman–Crippen MR) is 275 cm³/mol. The SMILES string of the molecule is COc1ccccc1N=C([O-])c1cc2ccccc2c(N=Nc2cc(C)c(Cl)cc2S(=O)(=O)O)c1[O-].COc1ccccc1NC(=O)c1cc2ccccc2c(N=Nc2cc(C)c(Cl)cc2S(=O)(=O)O)c1O.[Ba+2]. The number of phenols is 1. The molecule has 73 heavy (non-hydrogen) atoms. The number of carbonyl (C=O) groups is 1. The van der Waals surface area contributed by atoms with Gasteiger partial charge in [0.05, 0.1) is 31.2 Å². The van der Waals surface area contributed by atoms with Crippen LogP contribution in [0.25, 0.3) is 21.5 Å². The Hall–Kier alpha value is -6.41. The van der Waals surface area contributed by atoms with Gasteiger partial charge >= 0.3 is 48.9 Å². The van der Waals surface area contributed by atoms with Crippen LogP contribution < -0.4 is 25.0 Å². The topological polar surface area (TPSA) is 284 Å². The fourth-order valence-electron chi connectivity index (χ4n) is 7.06. The molecule has 0 fully saturated rings. The average Bonchev–Trinajstić information content (AvgIpc) is 3.34. The standard InChI is InChI=1S/2C25H20ClN3O6S.Ba/c2*1-14-11-20(22(13-18(14)26)36(32,33)34)28-29-23-16-8-4-3-7-15(16)12-17(24(23)30)25(31)27-19-9-5-6-10-21(19)35-2;/h2*3-13,30H,1-2H3,(H,27,31)(H,32,33,34);/q;;+2/p-2. The Morgan fingerprint density at radius 2 is 1.05 bits per heavy atom. The monoisotopic (exact) mass is 1190 g/mol. The van der Waals surface area contributed by atoms with E-state index in [-0.39, 0.29) is 98.5 Å². The molecule has 1 amide bonds. The number of halogens is 2. The molecule has 0 aliphatic heterocycles. The average molecular weight is 1190 g/mol. The zero-order valence-electron chi connectivity index (χ0n) is 38.7. The Morgan fingerprint density at radius 3 is 1.59 bits per heavy atom. The van der Waals surface area contributed by atoms with Crippen LogP contribution >= 0.6 is 23.2 Å². The van der Waals surface area contributed by atoms with Crippen molar-refractivity contribution < 1.29 is 55.5 Å². The summed E-state index contributed by atoms with van der Waals surface area (Å²) < 4.78 is 77.1. The molecule has 18 nitrogen and oxygen atoms in total. The Balaban J connectivity index is 0.000000235. The summed E-state index contributed by atoms with van der Waals surface area (Å²) in [5, 5.41) is 58.3. The van der Waals surface area contributed by atoms with Gasteiger partial charge in [-0.15, -0.1) is 15.3 Å². The van der Waals surface area contributed by atoms with E-state index in [2.05, 4.69) is 30.8 Å². The van der Waals surface area contributed by atoms with E-state index in [1.165, 1.54) is 38.5 Å².